The number of carbonyl (C=O) groups is 1. The van der Waals surface area contributed by atoms with E-state index in [0.29, 0.717) is 17.1 Å². The van der Waals surface area contributed by atoms with Crippen molar-refractivity contribution in [1.82, 2.24) is 9.78 Å². The Hall–Kier alpha value is -3.59. The second kappa shape index (κ2) is 7.97. The zero-order valence-corrected chi connectivity index (χ0v) is 15.3. The number of furan rings is 1. The Morgan fingerprint density at radius 2 is 2.21 bits per heavy atom. The summed E-state index contributed by atoms with van der Waals surface area (Å²) in [7, 11) is 1.39. The third kappa shape index (κ3) is 4.21. The molecule has 0 fully saturated rings. The fourth-order valence-corrected chi connectivity index (χ4v) is 2.62. The van der Waals surface area contributed by atoms with E-state index in [2.05, 4.69) is 5.10 Å². The standard InChI is InChI=1S/C18H14ClN3O6/c1-27-17-8-11(2-6-16(17)24)15(23)7-5-12-3-4-13(28-12)9-21-10-14(19)18(20-21)22(25)26/h2-8,10,24H,9H2,1H3/b7-5+. The van der Waals surface area contributed by atoms with Gasteiger partial charge in [-0.25, -0.2) is 0 Å². The molecule has 1 N–H and O–H groups in total. The van der Waals surface area contributed by atoms with Crippen LogP contribution in [0.5, 0.6) is 11.5 Å². The molecule has 0 aliphatic heterocycles. The molecule has 2 heterocycles. The van der Waals surface area contributed by atoms with Gasteiger partial charge in [0.25, 0.3) is 0 Å². The number of rotatable bonds is 7. The van der Waals surface area contributed by atoms with E-state index >= 15 is 0 Å². The Kier molecular flexibility index (Phi) is 5.46. The molecule has 3 rings (SSSR count). The molecule has 0 spiro atoms. The van der Waals surface area contributed by atoms with E-state index in [0.717, 1.165) is 0 Å². The maximum absolute atomic E-state index is 12.2. The first kappa shape index (κ1) is 19.2. The molecule has 2 aromatic heterocycles. The number of hydrogen-bond donors (Lipinski definition) is 1. The van der Waals surface area contributed by atoms with Crippen molar-refractivity contribution in [1.29, 1.82) is 0 Å². The molecule has 0 aliphatic rings. The Labute approximate surface area is 163 Å². The first-order chi connectivity index (χ1) is 13.4. The predicted molar refractivity (Wildman–Crippen MR) is 99.7 cm³/mol. The third-order valence-corrected chi connectivity index (χ3v) is 4.00. The summed E-state index contributed by atoms with van der Waals surface area (Å²) in [6.45, 7) is 0.143. The van der Waals surface area contributed by atoms with Crippen LogP contribution >= 0.6 is 11.6 Å². The van der Waals surface area contributed by atoms with E-state index in [4.69, 9.17) is 20.8 Å². The quantitative estimate of drug-likeness (QED) is 0.276. The minimum absolute atomic E-state index is 0.0577. The van der Waals surface area contributed by atoms with Crippen molar-refractivity contribution in [2.24, 2.45) is 0 Å². The van der Waals surface area contributed by atoms with E-state index < -0.39 is 10.7 Å². The highest BCUT2D eigenvalue weighted by atomic mass is 35.5. The number of ketones is 1. The number of nitro groups is 1. The molecule has 0 amide bonds. The lowest BCUT2D eigenvalue weighted by Crippen LogP contribution is -2.00. The van der Waals surface area contributed by atoms with Gasteiger partial charge >= 0.3 is 5.82 Å². The van der Waals surface area contributed by atoms with Crippen LogP contribution in [0.1, 0.15) is 21.9 Å². The molecule has 1 aromatic carbocycles. The highest BCUT2D eigenvalue weighted by molar-refractivity contribution is 6.32. The number of nitrogens with zero attached hydrogens (tertiary/aromatic N) is 3. The van der Waals surface area contributed by atoms with Crippen molar-refractivity contribution >= 4 is 29.3 Å². The lowest BCUT2D eigenvalue weighted by Gasteiger charge is -2.04. The second-order valence-corrected chi connectivity index (χ2v) is 6.05. The predicted octanol–water partition coefficient (Wildman–Crippen LogP) is 3.70. The molecule has 0 saturated carbocycles. The Morgan fingerprint density at radius 3 is 2.89 bits per heavy atom. The molecule has 144 valence electrons. The third-order valence-electron chi connectivity index (χ3n) is 3.74. The van der Waals surface area contributed by atoms with Crippen molar-refractivity contribution in [3.63, 3.8) is 0 Å². The van der Waals surface area contributed by atoms with Gasteiger partial charge in [0.2, 0.25) is 0 Å². The SMILES string of the molecule is COc1cc(C(=O)/C=C/c2ccc(Cn3cc(Cl)c([N+](=O)[O-])n3)o2)ccc1O. The molecular weight excluding hydrogens is 390 g/mol. The highest BCUT2D eigenvalue weighted by Gasteiger charge is 2.19. The van der Waals surface area contributed by atoms with Crippen LogP contribution in [-0.2, 0) is 6.54 Å². The number of ether oxygens (including phenoxy) is 1. The molecule has 0 aliphatic carbocycles. The van der Waals surface area contributed by atoms with E-state index in [1.54, 1.807) is 12.1 Å². The van der Waals surface area contributed by atoms with Gasteiger partial charge in [-0.1, -0.05) is 11.6 Å². The smallest absolute Gasteiger partial charge is 0.408 e. The van der Waals surface area contributed by atoms with Crippen molar-refractivity contribution < 1.29 is 24.0 Å². The minimum Gasteiger partial charge on any atom is -0.504 e. The van der Waals surface area contributed by atoms with Crippen molar-refractivity contribution in [3.8, 4) is 11.5 Å². The summed E-state index contributed by atoms with van der Waals surface area (Å²) < 4.78 is 11.8. The number of phenols is 1. The van der Waals surface area contributed by atoms with Crippen molar-refractivity contribution in [2.45, 2.75) is 6.54 Å². The summed E-state index contributed by atoms with van der Waals surface area (Å²) >= 11 is 5.76. The van der Waals surface area contributed by atoms with E-state index in [9.17, 15) is 20.0 Å². The van der Waals surface area contributed by atoms with Gasteiger partial charge in [0, 0.05) is 5.56 Å². The van der Waals surface area contributed by atoms with Gasteiger partial charge in [-0.3, -0.25) is 4.79 Å². The zero-order chi connectivity index (χ0) is 20.3. The summed E-state index contributed by atoms with van der Waals surface area (Å²) in [5.41, 5.74) is 0.344. The van der Waals surface area contributed by atoms with Gasteiger partial charge in [-0.05, 0) is 47.4 Å². The van der Waals surface area contributed by atoms with Crippen LogP contribution in [0, 0.1) is 10.1 Å². The van der Waals surface area contributed by atoms with E-state index in [1.807, 2.05) is 0 Å². The van der Waals surface area contributed by atoms with Crippen molar-refractivity contribution in [2.75, 3.05) is 7.11 Å². The van der Waals surface area contributed by atoms with Gasteiger partial charge in [-0.15, -0.1) is 0 Å². The van der Waals surface area contributed by atoms with Crippen LogP contribution in [0.3, 0.4) is 0 Å². The highest BCUT2D eigenvalue weighted by Crippen LogP contribution is 2.27. The van der Waals surface area contributed by atoms with Gasteiger partial charge in [0.15, 0.2) is 22.3 Å². The lowest BCUT2D eigenvalue weighted by molar-refractivity contribution is -0.389. The maximum Gasteiger partial charge on any atom is 0.408 e. The summed E-state index contributed by atoms with van der Waals surface area (Å²) in [5.74, 6) is 0.312. The van der Waals surface area contributed by atoms with Crippen LogP contribution in [0.25, 0.3) is 6.08 Å². The monoisotopic (exact) mass is 403 g/mol. The number of hydrogen-bond acceptors (Lipinski definition) is 7. The summed E-state index contributed by atoms with van der Waals surface area (Å²) in [6.07, 6.45) is 4.15. The average molecular weight is 404 g/mol. The normalized spacial score (nSPS) is 11.1. The van der Waals surface area contributed by atoms with Crippen LogP contribution in [-0.4, -0.2) is 32.7 Å². The van der Waals surface area contributed by atoms with E-state index in [1.165, 1.54) is 48.3 Å². The van der Waals surface area contributed by atoms with Gasteiger partial charge in [-0.2, -0.15) is 4.68 Å². The van der Waals surface area contributed by atoms with Gasteiger partial charge < -0.3 is 24.4 Å². The zero-order valence-electron chi connectivity index (χ0n) is 14.5. The molecule has 10 heteroatoms. The van der Waals surface area contributed by atoms with Crippen LogP contribution < -0.4 is 4.74 Å². The number of benzene rings is 1. The Bertz CT molecular complexity index is 1070. The fraction of sp³-hybridized carbons (Fsp3) is 0.111. The number of aromatic nitrogens is 2. The molecule has 0 bridgehead atoms. The van der Waals surface area contributed by atoms with Crippen LogP contribution in [0.15, 0.2) is 47.0 Å². The summed E-state index contributed by atoms with van der Waals surface area (Å²) in [6, 6.07) is 7.60. The topological polar surface area (TPSA) is 121 Å². The Morgan fingerprint density at radius 1 is 1.43 bits per heavy atom. The molecule has 0 radical (unpaired) electrons. The molecule has 0 unspecified atom stereocenters. The van der Waals surface area contributed by atoms with Crippen molar-refractivity contribution in [3.05, 3.63) is 74.8 Å². The van der Waals surface area contributed by atoms with Gasteiger partial charge in [0.1, 0.15) is 18.1 Å². The van der Waals surface area contributed by atoms with Gasteiger partial charge in [0.05, 0.1) is 18.4 Å². The second-order valence-electron chi connectivity index (χ2n) is 5.64. The molecule has 0 atom stereocenters. The number of allylic oxidation sites excluding steroid dienone is 1. The summed E-state index contributed by atoms with van der Waals surface area (Å²) in [4.78, 5) is 22.3. The minimum atomic E-state index is -0.668. The van der Waals surface area contributed by atoms with Crippen LogP contribution in [0.4, 0.5) is 5.82 Å². The molecular formula is C18H14ClN3O6. The molecule has 0 saturated heterocycles. The number of methoxy groups -OCH3 is 1. The molecule has 3 aromatic rings. The number of aromatic hydroxyl groups is 1. The lowest BCUT2D eigenvalue weighted by atomic mass is 10.1. The number of carbonyl (C=O) groups excluding carboxylic acids is 1. The molecule has 28 heavy (non-hydrogen) atoms. The largest absolute Gasteiger partial charge is 0.504 e. The van der Waals surface area contributed by atoms with Crippen LogP contribution in [0.2, 0.25) is 5.02 Å². The summed E-state index contributed by atoms with van der Waals surface area (Å²) in [5, 5.41) is 24.1. The fourth-order valence-electron chi connectivity index (χ4n) is 2.41. The first-order valence-corrected chi connectivity index (χ1v) is 8.30. The maximum atomic E-state index is 12.2. The van der Waals surface area contributed by atoms with E-state index in [-0.39, 0.29) is 28.8 Å². The number of phenolic OH excluding ortho intramolecular Hbond substituents is 1. The average Bonchev–Trinajstić information content (AvgIpc) is 3.26. The number of halogens is 1. The Balaban J connectivity index is 1.69. The molecule has 9 nitrogen and oxygen atoms in total. The first-order valence-electron chi connectivity index (χ1n) is 7.93.